The van der Waals surface area contributed by atoms with Crippen molar-refractivity contribution in [1.29, 1.82) is 0 Å². The number of nitrogens with zero attached hydrogens (tertiary/aromatic N) is 2. The van der Waals surface area contributed by atoms with Gasteiger partial charge >= 0.3 is 0 Å². The van der Waals surface area contributed by atoms with Crippen molar-refractivity contribution in [3.63, 3.8) is 0 Å². The van der Waals surface area contributed by atoms with Gasteiger partial charge in [-0.2, -0.15) is 5.10 Å². The minimum Gasteiger partial charge on any atom is -0.370 e. The molecule has 0 aromatic carbocycles. The summed E-state index contributed by atoms with van der Waals surface area (Å²) in [5.74, 6) is 1.46. The molecule has 1 aromatic rings. The number of rotatable bonds is 3. The molecule has 6 nitrogen and oxygen atoms in total. The second kappa shape index (κ2) is 6.05. The number of carbonyl (C=O) groups is 1. The molecule has 2 atom stereocenters. The predicted octanol–water partition coefficient (Wildman–Crippen LogP) is 1.38. The van der Waals surface area contributed by atoms with E-state index >= 15 is 0 Å². The van der Waals surface area contributed by atoms with Gasteiger partial charge in [0.2, 0.25) is 0 Å². The summed E-state index contributed by atoms with van der Waals surface area (Å²) in [7, 11) is 0. The summed E-state index contributed by atoms with van der Waals surface area (Å²) < 4.78 is 2.04. The number of hydrogen-bond donors (Lipinski definition) is 3. The summed E-state index contributed by atoms with van der Waals surface area (Å²) in [4.78, 5) is 12.3. The first-order chi connectivity index (χ1) is 10.2. The molecule has 1 aromatic heterocycles. The highest BCUT2D eigenvalue weighted by atomic mass is 16.1. The SMILES string of the molecule is CC(C)NC(=O)c1cnn2c1NCCC2C1CCCNC1. The number of fused-ring (bicyclic) bond motifs is 1. The van der Waals surface area contributed by atoms with Crippen molar-refractivity contribution in [2.24, 2.45) is 5.92 Å². The molecule has 0 saturated carbocycles. The van der Waals surface area contributed by atoms with Gasteiger partial charge in [-0.3, -0.25) is 4.79 Å². The van der Waals surface area contributed by atoms with E-state index in [-0.39, 0.29) is 11.9 Å². The van der Waals surface area contributed by atoms with Crippen molar-refractivity contribution >= 4 is 11.7 Å². The summed E-state index contributed by atoms with van der Waals surface area (Å²) in [5.41, 5.74) is 0.664. The zero-order valence-electron chi connectivity index (χ0n) is 12.9. The van der Waals surface area contributed by atoms with E-state index in [2.05, 4.69) is 21.0 Å². The number of anilines is 1. The summed E-state index contributed by atoms with van der Waals surface area (Å²) in [6, 6.07) is 0.532. The summed E-state index contributed by atoms with van der Waals surface area (Å²) in [5, 5.41) is 14.3. The van der Waals surface area contributed by atoms with Gasteiger partial charge in [0.05, 0.1) is 12.2 Å². The maximum atomic E-state index is 12.3. The summed E-state index contributed by atoms with van der Waals surface area (Å²) in [6.07, 6.45) is 5.25. The van der Waals surface area contributed by atoms with E-state index in [0.29, 0.717) is 17.5 Å². The number of nitrogens with one attached hydrogen (secondary N) is 3. The lowest BCUT2D eigenvalue weighted by Gasteiger charge is -2.35. The lowest BCUT2D eigenvalue weighted by atomic mass is 9.89. The number of aromatic nitrogens is 2. The quantitative estimate of drug-likeness (QED) is 0.787. The van der Waals surface area contributed by atoms with Crippen LogP contribution < -0.4 is 16.0 Å². The van der Waals surface area contributed by atoms with Crippen LogP contribution in [-0.4, -0.2) is 41.4 Å². The van der Waals surface area contributed by atoms with Gasteiger partial charge in [-0.1, -0.05) is 0 Å². The molecule has 2 aliphatic heterocycles. The van der Waals surface area contributed by atoms with Gasteiger partial charge in [0.1, 0.15) is 11.4 Å². The Morgan fingerprint density at radius 2 is 2.29 bits per heavy atom. The predicted molar refractivity (Wildman–Crippen MR) is 82.6 cm³/mol. The van der Waals surface area contributed by atoms with Crippen LogP contribution in [-0.2, 0) is 0 Å². The Kier molecular flexibility index (Phi) is 4.14. The Morgan fingerprint density at radius 1 is 1.43 bits per heavy atom. The van der Waals surface area contributed by atoms with Crippen molar-refractivity contribution in [2.45, 2.75) is 45.2 Å². The average Bonchev–Trinajstić information content (AvgIpc) is 2.91. The lowest BCUT2D eigenvalue weighted by Crippen LogP contribution is -2.38. The molecular formula is C15H25N5O. The van der Waals surface area contributed by atoms with Crippen molar-refractivity contribution in [1.82, 2.24) is 20.4 Å². The minimum absolute atomic E-state index is 0.0406. The molecule has 0 aliphatic carbocycles. The topological polar surface area (TPSA) is 71.0 Å². The molecular weight excluding hydrogens is 266 g/mol. The molecule has 1 amide bonds. The van der Waals surface area contributed by atoms with Gasteiger partial charge in [-0.05, 0) is 52.1 Å². The number of carbonyl (C=O) groups excluding carboxylic acids is 1. The van der Waals surface area contributed by atoms with E-state index in [4.69, 9.17) is 0 Å². The Bertz CT molecular complexity index is 504. The molecule has 0 radical (unpaired) electrons. The van der Waals surface area contributed by atoms with Gasteiger partial charge in [-0.25, -0.2) is 4.68 Å². The van der Waals surface area contributed by atoms with E-state index in [0.717, 1.165) is 31.9 Å². The zero-order valence-corrected chi connectivity index (χ0v) is 12.9. The van der Waals surface area contributed by atoms with Gasteiger partial charge in [0.25, 0.3) is 5.91 Å². The maximum Gasteiger partial charge on any atom is 0.256 e. The molecule has 21 heavy (non-hydrogen) atoms. The number of amides is 1. The smallest absolute Gasteiger partial charge is 0.256 e. The highest BCUT2D eigenvalue weighted by Crippen LogP contribution is 2.34. The summed E-state index contributed by atoms with van der Waals surface area (Å²) in [6.45, 7) is 7.03. The van der Waals surface area contributed by atoms with Crippen molar-refractivity contribution < 1.29 is 4.79 Å². The van der Waals surface area contributed by atoms with E-state index < -0.39 is 0 Å². The standard InChI is InChI=1S/C15H25N5O/c1-10(2)19-15(21)12-9-18-20-13(5-7-17-14(12)20)11-4-3-6-16-8-11/h9-11,13,16-17H,3-8H2,1-2H3,(H,19,21). The minimum atomic E-state index is -0.0406. The Hall–Kier alpha value is -1.56. The Balaban J connectivity index is 1.82. The fourth-order valence-corrected chi connectivity index (χ4v) is 3.40. The monoisotopic (exact) mass is 291 g/mol. The van der Waals surface area contributed by atoms with Gasteiger partial charge < -0.3 is 16.0 Å². The molecule has 3 rings (SSSR count). The van der Waals surface area contributed by atoms with Crippen LogP contribution in [0.15, 0.2) is 6.20 Å². The van der Waals surface area contributed by atoms with Crippen LogP contribution >= 0.6 is 0 Å². The van der Waals surface area contributed by atoms with Crippen molar-refractivity contribution in [3.8, 4) is 0 Å². The van der Waals surface area contributed by atoms with E-state index in [1.165, 1.54) is 12.8 Å². The first-order valence-corrected chi connectivity index (χ1v) is 7.99. The van der Waals surface area contributed by atoms with Crippen LogP contribution in [0.2, 0.25) is 0 Å². The molecule has 1 fully saturated rings. The number of hydrogen-bond acceptors (Lipinski definition) is 4. The first kappa shape index (κ1) is 14.4. The van der Waals surface area contributed by atoms with E-state index in [9.17, 15) is 4.79 Å². The zero-order chi connectivity index (χ0) is 14.8. The number of piperidine rings is 1. The molecule has 2 unspecified atom stereocenters. The summed E-state index contributed by atoms with van der Waals surface area (Å²) >= 11 is 0. The van der Waals surface area contributed by atoms with E-state index in [1.54, 1.807) is 6.20 Å². The molecule has 2 aliphatic rings. The normalized spacial score (nSPS) is 25.3. The highest BCUT2D eigenvalue weighted by Gasteiger charge is 2.32. The van der Waals surface area contributed by atoms with Crippen LogP contribution in [0, 0.1) is 5.92 Å². The van der Waals surface area contributed by atoms with Gasteiger partial charge in [0.15, 0.2) is 0 Å². The average molecular weight is 291 g/mol. The van der Waals surface area contributed by atoms with Crippen LogP contribution in [0.3, 0.4) is 0 Å². The Labute approximate surface area is 125 Å². The first-order valence-electron chi connectivity index (χ1n) is 7.99. The third-order valence-corrected chi connectivity index (χ3v) is 4.39. The maximum absolute atomic E-state index is 12.3. The molecule has 6 heteroatoms. The van der Waals surface area contributed by atoms with Crippen LogP contribution in [0.25, 0.3) is 0 Å². The van der Waals surface area contributed by atoms with E-state index in [1.807, 2.05) is 18.5 Å². The molecule has 0 spiro atoms. The third-order valence-electron chi connectivity index (χ3n) is 4.39. The molecule has 0 bridgehead atoms. The lowest BCUT2D eigenvalue weighted by molar-refractivity contribution is 0.0943. The molecule has 3 heterocycles. The highest BCUT2D eigenvalue weighted by molar-refractivity contribution is 5.98. The van der Waals surface area contributed by atoms with Gasteiger partial charge in [-0.15, -0.1) is 0 Å². The van der Waals surface area contributed by atoms with Crippen molar-refractivity contribution in [2.75, 3.05) is 25.0 Å². The largest absolute Gasteiger partial charge is 0.370 e. The second-order valence-corrected chi connectivity index (χ2v) is 6.37. The Morgan fingerprint density at radius 3 is 3.00 bits per heavy atom. The molecule has 116 valence electrons. The fraction of sp³-hybridized carbons (Fsp3) is 0.733. The van der Waals surface area contributed by atoms with Gasteiger partial charge in [0, 0.05) is 12.6 Å². The molecule has 3 N–H and O–H groups in total. The second-order valence-electron chi connectivity index (χ2n) is 6.37. The van der Waals surface area contributed by atoms with Crippen LogP contribution in [0.4, 0.5) is 5.82 Å². The molecule has 1 saturated heterocycles. The van der Waals surface area contributed by atoms with Crippen LogP contribution in [0.5, 0.6) is 0 Å². The van der Waals surface area contributed by atoms with Crippen LogP contribution in [0.1, 0.15) is 49.5 Å². The third kappa shape index (κ3) is 2.90. The van der Waals surface area contributed by atoms with Crippen molar-refractivity contribution in [3.05, 3.63) is 11.8 Å². The fourth-order valence-electron chi connectivity index (χ4n) is 3.40.